The lowest BCUT2D eigenvalue weighted by atomic mass is 9.64. The van der Waals surface area contributed by atoms with E-state index in [0.29, 0.717) is 57.4 Å². The van der Waals surface area contributed by atoms with Gasteiger partial charge in [0.15, 0.2) is 5.78 Å². The molecular formula is C34H42F3NO4. The number of ether oxygens (including phenoxy) is 1. The Kier molecular flexibility index (Phi) is 9.00. The highest BCUT2D eigenvalue weighted by atomic mass is 19.4. The molecule has 1 aliphatic heterocycles. The van der Waals surface area contributed by atoms with Crippen LogP contribution in [0.4, 0.5) is 13.2 Å². The van der Waals surface area contributed by atoms with Crippen LogP contribution in [-0.2, 0) is 17.3 Å². The molecular weight excluding hydrogens is 543 g/mol. The molecule has 8 heteroatoms. The van der Waals surface area contributed by atoms with Crippen molar-refractivity contribution in [3.8, 4) is 0 Å². The molecule has 6 rings (SSSR count). The van der Waals surface area contributed by atoms with Crippen molar-refractivity contribution in [1.29, 1.82) is 0 Å². The first kappa shape index (κ1) is 30.9. The number of ketones is 1. The van der Waals surface area contributed by atoms with Gasteiger partial charge in [-0.25, -0.2) is 0 Å². The normalized spacial score (nSPS) is 29.5. The summed E-state index contributed by atoms with van der Waals surface area (Å²) in [6.07, 6.45) is 1.35. The van der Waals surface area contributed by atoms with Crippen molar-refractivity contribution in [2.24, 2.45) is 5.41 Å². The van der Waals surface area contributed by atoms with Crippen LogP contribution in [-0.4, -0.2) is 65.4 Å². The van der Waals surface area contributed by atoms with Crippen molar-refractivity contribution in [3.05, 3.63) is 81.9 Å². The summed E-state index contributed by atoms with van der Waals surface area (Å²) in [6.45, 7) is 7.45. The summed E-state index contributed by atoms with van der Waals surface area (Å²) >= 11 is 0. The zero-order chi connectivity index (χ0) is 30.1. The van der Waals surface area contributed by atoms with E-state index in [0.717, 1.165) is 49.2 Å². The van der Waals surface area contributed by atoms with Crippen LogP contribution in [0.2, 0.25) is 0 Å². The van der Waals surface area contributed by atoms with Crippen LogP contribution in [0.25, 0.3) is 0 Å². The van der Waals surface area contributed by atoms with Crippen molar-refractivity contribution in [2.75, 3.05) is 32.8 Å². The first-order valence-corrected chi connectivity index (χ1v) is 15.1. The van der Waals surface area contributed by atoms with Crippen molar-refractivity contribution in [1.82, 2.24) is 4.90 Å². The van der Waals surface area contributed by atoms with E-state index in [1.807, 2.05) is 12.1 Å². The van der Waals surface area contributed by atoms with Gasteiger partial charge < -0.3 is 14.9 Å². The fourth-order valence-corrected chi connectivity index (χ4v) is 7.32. The molecule has 2 aromatic rings. The summed E-state index contributed by atoms with van der Waals surface area (Å²) in [5.74, 6) is -0.648. The molecule has 2 bridgehead atoms. The van der Waals surface area contributed by atoms with E-state index in [4.69, 9.17) is 4.74 Å². The number of β-amino-alcohol motifs (C(OH)–C–C–N with tert-alkyl or cyclic N) is 1. The summed E-state index contributed by atoms with van der Waals surface area (Å²) in [6, 6.07) is 10.2. The van der Waals surface area contributed by atoms with Gasteiger partial charge in [-0.3, -0.25) is 9.69 Å². The summed E-state index contributed by atoms with van der Waals surface area (Å²) < 4.78 is 46.2. The highest BCUT2D eigenvalue weighted by molar-refractivity contribution is 6.10. The van der Waals surface area contributed by atoms with Gasteiger partial charge in [-0.05, 0) is 87.1 Å². The Morgan fingerprint density at radius 1 is 1.10 bits per heavy atom. The fourth-order valence-electron chi connectivity index (χ4n) is 7.32. The lowest BCUT2D eigenvalue weighted by molar-refractivity contribution is -0.137. The predicted molar refractivity (Wildman–Crippen MR) is 156 cm³/mol. The minimum absolute atomic E-state index is 0.0215. The Bertz CT molecular complexity index is 1320. The number of benzene rings is 2. The summed E-state index contributed by atoms with van der Waals surface area (Å²) in [4.78, 5) is 16.3. The van der Waals surface area contributed by atoms with Crippen LogP contribution < -0.4 is 0 Å². The van der Waals surface area contributed by atoms with Gasteiger partial charge in [0.2, 0.25) is 0 Å². The van der Waals surface area contributed by atoms with Crippen molar-refractivity contribution >= 4 is 5.78 Å². The van der Waals surface area contributed by atoms with Gasteiger partial charge in [-0.2, -0.15) is 13.2 Å². The zero-order valence-corrected chi connectivity index (χ0v) is 24.6. The number of fused-ring (bicyclic) bond motifs is 8. The van der Waals surface area contributed by atoms with Crippen molar-refractivity contribution in [2.45, 2.75) is 82.6 Å². The molecule has 3 aliphatic carbocycles. The second kappa shape index (κ2) is 12.2. The minimum Gasteiger partial charge on any atom is -0.393 e. The predicted octanol–water partition coefficient (Wildman–Crippen LogP) is 6.31. The first-order chi connectivity index (χ1) is 19.9. The van der Waals surface area contributed by atoms with Gasteiger partial charge in [-0.1, -0.05) is 42.8 Å². The monoisotopic (exact) mass is 585 g/mol. The Morgan fingerprint density at radius 2 is 1.86 bits per heavy atom. The number of alkyl halides is 3. The zero-order valence-electron chi connectivity index (χ0n) is 24.6. The molecule has 4 aliphatic rings. The molecule has 4 atom stereocenters. The Hall–Kier alpha value is -2.52. The third-order valence-electron chi connectivity index (χ3n) is 9.96. The summed E-state index contributed by atoms with van der Waals surface area (Å²) in [5.41, 5.74) is 0.598. The number of hydrogen-bond acceptors (Lipinski definition) is 5. The smallest absolute Gasteiger partial charge is 0.393 e. The number of rotatable bonds is 4. The number of nitrogens with zero attached hydrogens (tertiary/aromatic N) is 1. The van der Waals surface area contributed by atoms with Crippen molar-refractivity contribution < 1.29 is 32.9 Å². The number of carbonyl (C=O) groups excluding carboxylic acids is 1. The second-order valence-electron chi connectivity index (χ2n) is 12.7. The number of aliphatic hydroxyl groups excluding tert-OH is 1. The van der Waals surface area contributed by atoms with E-state index >= 15 is 0 Å². The third-order valence-corrected chi connectivity index (χ3v) is 9.96. The number of aliphatic hydroxyl groups is 2. The molecule has 0 radical (unpaired) electrons. The Balaban J connectivity index is 1.60. The number of hydrogen-bond donors (Lipinski definition) is 2. The quantitative estimate of drug-likeness (QED) is 0.325. The molecule has 228 valence electrons. The average Bonchev–Trinajstić information content (AvgIpc) is 3.20. The Morgan fingerprint density at radius 3 is 2.60 bits per heavy atom. The standard InChI is InChI=1S/C34H42F3NO4/c1-23-5-4-13-32(2)30(12-14-33(32,41)22-38-15-17-42-18-16-38)28-11-9-24(19-27(39)10-8-23)20-29(28)31(40)25-6-3-7-26(21-25)34(35,36)37/h3,5-7,9,11,20-21,27,30,39,41H,4,8,10,12-19,22H2,1-2H3. The molecule has 42 heavy (non-hydrogen) atoms. The van der Waals surface area contributed by atoms with Crippen LogP contribution in [0, 0.1) is 5.41 Å². The number of carbonyl (C=O) groups is 1. The molecule has 5 nitrogen and oxygen atoms in total. The highest BCUT2D eigenvalue weighted by Crippen LogP contribution is 2.59. The minimum atomic E-state index is -4.56. The molecule has 0 aromatic heterocycles. The Labute approximate surface area is 246 Å². The van der Waals surface area contributed by atoms with E-state index in [9.17, 15) is 28.2 Å². The molecule has 0 amide bonds. The molecule has 1 heterocycles. The number of allylic oxidation sites excluding steroid dienone is 2. The van der Waals surface area contributed by atoms with E-state index in [1.54, 1.807) is 6.07 Å². The molecule has 1 saturated carbocycles. The van der Waals surface area contributed by atoms with Crippen LogP contribution in [0.1, 0.15) is 90.9 Å². The molecule has 2 N–H and O–H groups in total. The van der Waals surface area contributed by atoms with E-state index in [2.05, 4.69) is 24.8 Å². The highest BCUT2D eigenvalue weighted by Gasteiger charge is 2.57. The van der Waals surface area contributed by atoms with Crippen LogP contribution in [0.3, 0.4) is 0 Å². The van der Waals surface area contributed by atoms with Crippen molar-refractivity contribution in [3.63, 3.8) is 0 Å². The van der Waals surface area contributed by atoms with Gasteiger partial charge in [-0.15, -0.1) is 0 Å². The maximum atomic E-state index is 14.0. The van der Waals surface area contributed by atoms with Crippen LogP contribution >= 0.6 is 0 Å². The lowest BCUT2D eigenvalue weighted by Crippen LogP contribution is -2.54. The second-order valence-corrected chi connectivity index (χ2v) is 12.7. The maximum Gasteiger partial charge on any atom is 0.416 e. The van der Waals surface area contributed by atoms with E-state index < -0.39 is 34.6 Å². The van der Waals surface area contributed by atoms with Gasteiger partial charge in [0.25, 0.3) is 0 Å². The number of morpholine rings is 1. The van der Waals surface area contributed by atoms with E-state index in [1.165, 1.54) is 17.7 Å². The maximum absolute atomic E-state index is 14.0. The molecule has 2 fully saturated rings. The topological polar surface area (TPSA) is 70.0 Å². The summed E-state index contributed by atoms with van der Waals surface area (Å²) in [5, 5.41) is 23.2. The first-order valence-electron chi connectivity index (χ1n) is 15.1. The summed E-state index contributed by atoms with van der Waals surface area (Å²) in [7, 11) is 0. The molecule has 1 saturated heterocycles. The van der Waals surface area contributed by atoms with Crippen LogP contribution in [0.15, 0.2) is 54.1 Å². The largest absolute Gasteiger partial charge is 0.416 e. The average molecular weight is 586 g/mol. The molecule has 2 aromatic carbocycles. The van der Waals surface area contributed by atoms with Gasteiger partial charge in [0, 0.05) is 36.2 Å². The third kappa shape index (κ3) is 6.37. The molecule has 4 unspecified atom stereocenters. The molecule has 0 spiro atoms. The lowest BCUT2D eigenvalue weighted by Gasteiger charge is -2.46. The van der Waals surface area contributed by atoms with Crippen LogP contribution in [0.5, 0.6) is 0 Å². The van der Waals surface area contributed by atoms with Gasteiger partial charge in [0.05, 0.1) is 30.5 Å². The fraction of sp³-hybridized carbons (Fsp3) is 0.559. The van der Waals surface area contributed by atoms with E-state index in [-0.39, 0.29) is 11.5 Å². The van der Waals surface area contributed by atoms with Gasteiger partial charge in [0.1, 0.15) is 0 Å². The van der Waals surface area contributed by atoms with Gasteiger partial charge >= 0.3 is 6.18 Å². The number of halogens is 3. The SMILES string of the molecule is CC1=CCCC2(C)C(CCC2(O)CN2CCOCC2)c2ccc(cc2C(=O)c2cccc(C(F)(F)F)c2)CC(O)CC1.